The van der Waals surface area contributed by atoms with Crippen LogP contribution in [0, 0.1) is 13.8 Å². The molecule has 0 atom stereocenters. The van der Waals surface area contributed by atoms with E-state index in [0.717, 1.165) is 17.0 Å². The zero-order valence-electron chi connectivity index (χ0n) is 18.1. The van der Waals surface area contributed by atoms with Crippen molar-refractivity contribution in [3.63, 3.8) is 0 Å². The molecular formula is C21H21F2N7O2S. The van der Waals surface area contributed by atoms with Gasteiger partial charge in [-0.25, -0.2) is 13.8 Å². The molecule has 0 bridgehead atoms. The van der Waals surface area contributed by atoms with Gasteiger partial charge in [0.25, 0.3) is 12.3 Å². The third-order valence-corrected chi connectivity index (χ3v) is 6.14. The lowest BCUT2D eigenvalue weighted by Crippen LogP contribution is -2.18. The SMILES string of the molecule is Cc1ccn(CCC(=O)Nc2c(C(N)=O)sc3nc(C(F)F)cc(-c4cn(C)nc4C)c23)n1. The highest BCUT2D eigenvalue weighted by Gasteiger charge is 2.26. The molecule has 4 rings (SSSR count). The van der Waals surface area contributed by atoms with Gasteiger partial charge in [0, 0.05) is 43.4 Å². The molecule has 0 aliphatic carbocycles. The molecular weight excluding hydrogens is 452 g/mol. The summed E-state index contributed by atoms with van der Waals surface area (Å²) >= 11 is 0.866. The van der Waals surface area contributed by atoms with Crippen LogP contribution in [-0.2, 0) is 18.4 Å². The molecule has 3 N–H and O–H groups in total. The molecule has 0 saturated carbocycles. The smallest absolute Gasteiger partial charge is 0.280 e. The maximum atomic E-state index is 13.6. The summed E-state index contributed by atoms with van der Waals surface area (Å²) in [5.41, 5.74) is 7.68. The molecule has 4 aromatic rings. The van der Waals surface area contributed by atoms with E-state index in [0.29, 0.717) is 28.8 Å². The summed E-state index contributed by atoms with van der Waals surface area (Å²) in [5.74, 6) is -1.17. The molecule has 4 aromatic heterocycles. The zero-order chi connectivity index (χ0) is 23.9. The minimum atomic E-state index is -2.82. The second-order valence-corrected chi connectivity index (χ2v) is 8.57. The number of hydrogen-bond donors (Lipinski definition) is 2. The van der Waals surface area contributed by atoms with Gasteiger partial charge in [0.2, 0.25) is 5.91 Å². The van der Waals surface area contributed by atoms with Crippen LogP contribution in [-0.4, -0.2) is 36.4 Å². The van der Waals surface area contributed by atoms with E-state index in [2.05, 4.69) is 20.5 Å². The van der Waals surface area contributed by atoms with E-state index < -0.39 is 18.0 Å². The molecule has 0 aliphatic heterocycles. The number of nitrogens with zero attached hydrogens (tertiary/aromatic N) is 5. The molecule has 0 radical (unpaired) electrons. The van der Waals surface area contributed by atoms with Crippen LogP contribution in [0.15, 0.2) is 24.5 Å². The van der Waals surface area contributed by atoms with Crippen molar-refractivity contribution in [3.05, 3.63) is 46.5 Å². The Kier molecular flexibility index (Phi) is 5.93. The van der Waals surface area contributed by atoms with Gasteiger partial charge in [-0.15, -0.1) is 11.3 Å². The van der Waals surface area contributed by atoms with Crippen LogP contribution in [0.25, 0.3) is 21.3 Å². The van der Waals surface area contributed by atoms with Crippen LogP contribution in [0.1, 0.15) is 39.6 Å². The summed E-state index contributed by atoms with van der Waals surface area (Å²) in [6.07, 6.45) is 0.712. The van der Waals surface area contributed by atoms with E-state index in [1.807, 2.05) is 13.0 Å². The number of aromatic nitrogens is 5. The molecule has 0 unspecified atom stereocenters. The van der Waals surface area contributed by atoms with Crippen LogP contribution in [0.5, 0.6) is 0 Å². The van der Waals surface area contributed by atoms with Crippen LogP contribution >= 0.6 is 11.3 Å². The quantitative estimate of drug-likeness (QED) is 0.425. The lowest BCUT2D eigenvalue weighted by molar-refractivity contribution is -0.116. The Balaban J connectivity index is 1.81. The van der Waals surface area contributed by atoms with E-state index in [9.17, 15) is 18.4 Å². The fraction of sp³-hybridized carbons (Fsp3) is 0.286. The van der Waals surface area contributed by atoms with E-state index in [4.69, 9.17) is 5.73 Å². The topological polar surface area (TPSA) is 121 Å². The van der Waals surface area contributed by atoms with Crippen molar-refractivity contribution in [1.29, 1.82) is 0 Å². The molecule has 9 nitrogen and oxygen atoms in total. The highest BCUT2D eigenvalue weighted by molar-refractivity contribution is 7.21. The molecule has 12 heteroatoms. The number of nitrogens with one attached hydrogen (secondary N) is 1. The molecule has 0 aliphatic rings. The van der Waals surface area contributed by atoms with Gasteiger partial charge in [-0.1, -0.05) is 0 Å². The molecule has 0 spiro atoms. The predicted molar refractivity (Wildman–Crippen MR) is 120 cm³/mol. The molecule has 2 amide bonds. The summed E-state index contributed by atoms with van der Waals surface area (Å²) in [6.45, 7) is 3.92. The third kappa shape index (κ3) is 4.46. The normalized spacial score (nSPS) is 11.5. The van der Waals surface area contributed by atoms with Crippen LogP contribution in [0.3, 0.4) is 0 Å². The number of hydrogen-bond acceptors (Lipinski definition) is 6. The number of thiophene rings is 1. The Morgan fingerprint density at radius 2 is 2.00 bits per heavy atom. The number of primary amides is 1. The Bertz CT molecular complexity index is 1370. The highest BCUT2D eigenvalue weighted by Crippen LogP contribution is 2.43. The minimum Gasteiger partial charge on any atom is -0.365 e. The molecule has 0 aromatic carbocycles. The summed E-state index contributed by atoms with van der Waals surface area (Å²) in [5, 5.41) is 11.7. The van der Waals surface area contributed by atoms with Crippen molar-refractivity contribution in [3.8, 4) is 11.1 Å². The van der Waals surface area contributed by atoms with Crippen molar-refractivity contribution in [1.82, 2.24) is 24.5 Å². The highest BCUT2D eigenvalue weighted by atomic mass is 32.1. The zero-order valence-corrected chi connectivity index (χ0v) is 18.9. The fourth-order valence-corrected chi connectivity index (χ4v) is 4.62. The molecule has 0 saturated heterocycles. The van der Waals surface area contributed by atoms with Gasteiger partial charge in [-0.3, -0.25) is 19.0 Å². The van der Waals surface area contributed by atoms with Gasteiger partial charge >= 0.3 is 0 Å². The first-order valence-corrected chi connectivity index (χ1v) is 10.8. The summed E-state index contributed by atoms with van der Waals surface area (Å²) in [7, 11) is 1.71. The van der Waals surface area contributed by atoms with E-state index >= 15 is 0 Å². The maximum Gasteiger partial charge on any atom is 0.280 e. The number of carbonyl (C=O) groups is 2. The van der Waals surface area contributed by atoms with Gasteiger partial charge in [0.15, 0.2) is 0 Å². The number of nitrogens with two attached hydrogens (primary N) is 1. The number of amides is 2. The minimum absolute atomic E-state index is 0.0370. The number of fused-ring (bicyclic) bond motifs is 1. The first-order chi connectivity index (χ1) is 15.6. The lowest BCUT2D eigenvalue weighted by Gasteiger charge is -2.10. The number of carbonyl (C=O) groups excluding carboxylic acids is 2. The first kappa shape index (κ1) is 22.5. The number of aryl methyl sites for hydroxylation is 4. The van der Waals surface area contributed by atoms with Gasteiger partial charge in [0.1, 0.15) is 15.4 Å². The average molecular weight is 474 g/mol. The molecule has 172 valence electrons. The van der Waals surface area contributed by atoms with Crippen LogP contribution in [0.2, 0.25) is 0 Å². The van der Waals surface area contributed by atoms with Gasteiger partial charge in [-0.05, 0) is 31.5 Å². The Hall–Kier alpha value is -3.67. The summed E-state index contributed by atoms with van der Waals surface area (Å²) < 4.78 is 30.4. The van der Waals surface area contributed by atoms with Crippen molar-refractivity contribution in [2.45, 2.75) is 33.2 Å². The summed E-state index contributed by atoms with van der Waals surface area (Å²) in [4.78, 5) is 29.2. The molecule has 4 heterocycles. The number of alkyl halides is 2. The van der Waals surface area contributed by atoms with Crippen molar-refractivity contribution < 1.29 is 18.4 Å². The average Bonchev–Trinajstić information content (AvgIpc) is 3.42. The van der Waals surface area contributed by atoms with E-state index in [1.165, 1.54) is 6.07 Å². The van der Waals surface area contributed by atoms with Crippen LogP contribution in [0.4, 0.5) is 14.5 Å². The molecule has 0 fully saturated rings. The largest absolute Gasteiger partial charge is 0.365 e. The van der Waals surface area contributed by atoms with Gasteiger partial charge < -0.3 is 11.1 Å². The number of anilines is 1. The second-order valence-electron chi connectivity index (χ2n) is 7.57. The monoisotopic (exact) mass is 473 g/mol. The van der Waals surface area contributed by atoms with Gasteiger partial charge in [0.05, 0.1) is 17.1 Å². The lowest BCUT2D eigenvalue weighted by atomic mass is 10.0. The second kappa shape index (κ2) is 8.70. The Labute approximate surface area is 191 Å². The fourth-order valence-electron chi connectivity index (χ4n) is 3.60. The Morgan fingerprint density at radius 1 is 1.24 bits per heavy atom. The van der Waals surface area contributed by atoms with Crippen molar-refractivity contribution >= 4 is 39.1 Å². The number of pyridine rings is 1. The Morgan fingerprint density at radius 3 is 2.58 bits per heavy atom. The van der Waals surface area contributed by atoms with E-state index in [-0.39, 0.29) is 27.7 Å². The van der Waals surface area contributed by atoms with E-state index in [1.54, 1.807) is 35.7 Å². The van der Waals surface area contributed by atoms with Crippen LogP contribution < -0.4 is 11.1 Å². The number of halogens is 2. The maximum absolute atomic E-state index is 13.6. The van der Waals surface area contributed by atoms with Gasteiger partial charge in [-0.2, -0.15) is 10.2 Å². The first-order valence-electron chi connectivity index (χ1n) is 10.00. The predicted octanol–water partition coefficient (Wildman–Crippen LogP) is 3.58. The molecule has 33 heavy (non-hydrogen) atoms. The summed E-state index contributed by atoms with van der Waals surface area (Å²) in [6, 6.07) is 3.08. The third-order valence-electron chi connectivity index (χ3n) is 5.04. The van der Waals surface area contributed by atoms with Crippen molar-refractivity contribution in [2.24, 2.45) is 12.8 Å². The standard InChI is InChI=1S/C21H21F2N7O2S/c1-10-4-6-30(27-10)7-5-15(31)26-17-16-12(13-9-29(3)28-11(13)2)8-14(19(22)23)25-21(16)33-18(17)20(24)32/h4,6,8-9,19H,5,7H2,1-3H3,(H2,24,32)(H,26,31). The van der Waals surface area contributed by atoms with Crippen molar-refractivity contribution in [2.75, 3.05) is 5.32 Å². The number of rotatable bonds is 7.